The first-order valence-electron chi connectivity index (χ1n) is 4.84. The van der Waals surface area contributed by atoms with Crippen LogP contribution in [0.25, 0.3) is 0 Å². The van der Waals surface area contributed by atoms with Crippen molar-refractivity contribution >= 4 is 11.7 Å². The molecule has 1 N–H and O–H groups in total. The lowest BCUT2D eigenvalue weighted by Gasteiger charge is -2.23. The SMILES string of the molecule is CCN(C)C(=O)N(C)c1cccc(O)c1. The zero-order valence-electron chi connectivity index (χ0n) is 9.27. The fraction of sp³-hybridized carbons (Fsp3) is 0.364. The van der Waals surface area contributed by atoms with E-state index in [1.807, 2.05) is 6.92 Å². The van der Waals surface area contributed by atoms with Crippen molar-refractivity contribution in [2.45, 2.75) is 6.92 Å². The van der Waals surface area contributed by atoms with Crippen molar-refractivity contribution in [3.8, 4) is 5.75 Å². The number of aromatic hydroxyl groups is 1. The van der Waals surface area contributed by atoms with Gasteiger partial charge in [-0.1, -0.05) is 6.07 Å². The van der Waals surface area contributed by atoms with E-state index in [0.717, 1.165) is 0 Å². The molecule has 0 aliphatic carbocycles. The van der Waals surface area contributed by atoms with Crippen LogP contribution >= 0.6 is 0 Å². The van der Waals surface area contributed by atoms with E-state index in [2.05, 4.69) is 0 Å². The predicted octanol–water partition coefficient (Wildman–Crippen LogP) is 1.90. The zero-order chi connectivity index (χ0) is 11.4. The van der Waals surface area contributed by atoms with E-state index >= 15 is 0 Å². The van der Waals surface area contributed by atoms with E-state index in [1.165, 1.54) is 4.90 Å². The number of anilines is 1. The van der Waals surface area contributed by atoms with Gasteiger partial charge in [0.25, 0.3) is 0 Å². The zero-order valence-corrected chi connectivity index (χ0v) is 9.27. The van der Waals surface area contributed by atoms with E-state index in [1.54, 1.807) is 43.3 Å². The number of nitrogens with zero attached hydrogens (tertiary/aromatic N) is 2. The minimum absolute atomic E-state index is 0.0944. The van der Waals surface area contributed by atoms with Gasteiger partial charge in [-0.05, 0) is 19.1 Å². The van der Waals surface area contributed by atoms with Crippen LogP contribution < -0.4 is 4.90 Å². The van der Waals surface area contributed by atoms with Crippen molar-refractivity contribution in [3.05, 3.63) is 24.3 Å². The summed E-state index contributed by atoms with van der Waals surface area (Å²) in [7, 11) is 3.42. The summed E-state index contributed by atoms with van der Waals surface area (Å²) < 4.78 is 0. The molecule has 82 valence electrons. The Balaban J connectivity index is 2.85. The van der Waals surface area contributed by atoms with Gasteiger partial charge in [0, 0.05) is 32.4 Å². The summed E-state index contributed by atoms with van der Waals surface area (Å²) >= 11 is 0. The Morgan fingerprint density at radius 3 is 2.60 bits per heavy atom. The third-order valence-electron chi connectivity index (χ3n) is 2.30. The van der Waals surface area contributed by atoms with Gasteiger partial charge in [-0.15, -0.1) is 0 Å². The minimum Gasteiger partial charge on any atom is -0.508 e. The van der Waals surface area contributed by atoms with Crippen LogP contribution in [0.1, 0.15) is 6.92 Å². The first-order chi connectivity index (χ1) is 7.06. The number of phenols is 1. The highest BCUT2D eigenvalue weighted by Gasteiger charge is 2.14. The molecule has 0 fully saturated rings. The van der Waals surface area contributed by atoms with Crippen LogP contribution in [0.4, 0.5) is 10.5 Å². The van der Waals surface area contributed by atoms with Gasteiger partial charge in [-0.25, -0.2) is 4.79 Å². The number of hydrogen-bond acceptors (Lipinski definition) is 2. The number of phenolic OH excluding ortho intramolecular Hbond substituents is 1. The molecule has 0 saturated carbocycles. The average molecular weight is 208 g/mol. The highest BCUT2D eigenvalue weighted by Crippen LogP contribution is 2.19. The van der Waals surface area contributed by atoms with Gasteiger partial charge in [-0.2, -0.15) is 0 Å². The second-order valence-electron chi connectivity index (χ2n) is 3.38. The van der Waals surface area contributed by atoms with Gasteiger partial charge >= 0.3 is 6.03 Å². The van der Waals surface area contributed by atoms with Crippen molar-refractivity contribution in [1.82, 2.24) is 4.90 Å². The fourth-order valence-electron chi connectivity index (χ4n) is 1.20. The number of hydrogen-bond donors (Lipinski definition) is 1. The lowest BCUT2D eigenvalue weighted by molar-refractivity contribution is 0.219. The summed E-state index contributed by atoms with van der Waals surface area (Å²) in [5.41, 5.74) is 0.681. The van der Waals surface area contributed by atoms with Crippen LogP contribution in [0.3, 0.4) is 0 Å². The molecule has 0 aliphatic heterocycles. The van der Waals surface area contributed by atoms with Crippen molar-refractivity contribution in [3.63, 3.8) is 0 Å². The monoisotopic (exact) mass is 208 g/mol. The summed E-state index contributed by atoms with van der Waals surface area (Å²) in [6.45, 7) is 2.57. The molecule has 0 heterocycles. The topological polar surface area (TPSA) is 43.8 Å². The molecule has 0 bridgehead atoms. The van der Waals surface area contributed by atoms with Gasteiger partial charge < -0.3 is 10.0 Å². The van der Waals surface area contributed by atoms with Gasteiger partial charge in [0.1, 0.15) is 5.75 Å². The molecule has 1 rings (SSSR count). The van der Waals surface area contributed by atoms with E-state index in [9.17, 15) is 9.90 Å². The number of carbonyl (C=O) groups is 1. The van der Waals surface area contributed by atoms with Crippen LogP contribution in [-0.4, -0.2) is 36.7 Å². The molecule has 1 aromatic rings. The summed E-state index contributed by atoms with van der Waals surface area (Å²) in [6.07, 6.45) is 0. The highest BCUT2D eigenvalue weighted by atomic mass is 16.3. The molecule has 4 heteroatoms. The molecule has 0 spiro atoms. The highest BCUT2D eigenvalue weighted by molar-refractivity contribution is 5.91. The Morgan fingerprint density at radius 2 is 2.07 bits per heavy atom. The molecule has 0 unspecified atom stereocenters. The molecule has 0 aromatic heterocycles. The number of amides is 2. The van der Waals surface area contributed by atoms with Crippen LogP contribution in [0, 0.1) is 0 Å². The molecule has 0 aliphatic rings. The largest absolute Gasteiger partial charge is 0.508 e. The fourth-order valence-corrected chi connectivity index (χ4v) is 1.20. The molecule has 15 heavy (non-hydrogen) atoms. The molecule has 2 amide bonds. The maximum Gasteiger partial charge on any atom is 0.323 e. The summed E-state index contributed by atoms with van der Waals surface area (Å²) in [4.78, 5) is 14.9. The van der Waals surface area contributed by atoms with Gasteiger partial charge in [0.05, 0.1) is 0 Å². The van der Waals surface area contributed by atoms with Crippen molar-refractivity contribution in [2.24, 2.45) is 0 Å². The van der Waals surface area contributed by atoms with Crippen LogP contribution in [-0.2, 0) is 0 Å². The van der Waals surface area contributed by atoms with Gasteiger partial charge in [0.15, 0.2) is 0 Å². The molecule has 0 atom stereocenters. The molecule has 0 radical (unpaired) electrons. The van der Waals surface area contributed by atoms with Crippen LogP contribution in [0.5, 0.6) is 5.75 Å². The first kappa shape index (κ1) is 11.4. The van der Waals surface area contributed by atoms with E-state index in [4.69, 9.17) is 0 Å². The number of carbonyl (C=O) groups excluding carboxylic acids is 1. The van der Waals surface area contributed by atoms with Crippen molar-refractivity contribution < 1.29 is 9.90 Å². The smallest absolute Gasteiger partial charge is 0.323 e. The third kappa shape index (κ3) is 2.62. The number of benzene rings is 1. The van der Waals surface area contributed by atoms with Crippen LogP contribution in [0.2, 0.25) is 0 Å². The standard InChI is InChI=1S/C11H16N2O2/c1-4-12(2)11(15)13(3)9-6-5-7-10(14)8-9/h5-8,14H,4H2,1-3H3. The summed E-state index contributed by atoms with van der Waals surface area (Å²) in [6, 6.07) is 6.52. The molecular weight excluding hydrogens is 192 g/mol. The molecule has 4 nitrogen and oxygen atoms in total. The Labute approximate surface area is 89.7 Å². The lowest BCUT2D eigenvalue weighted by Crippen LogP contribution is -2.38. The van der Waals surface area contributed by atoms with Crippen molar-refractivity contribution in [1.29, 1.82) is 0 Å². The number of rotatable bonds is 2. The maximum atomic E-state index is 11.8. The Kier molecular flexibility index (Phi) is 3.55. The van der Waals surface area contributed by atoms with E-state index < -0.39 is 0 Å². The quantitative estimate of drug-likeness (QED) is 0.806. The average Bonchev–Trinajstić information content (AvgIpc) is 2.26. The minimum atomic E-state index is -0.0944. The Hall–Kier alpha value is -1.71. The molecular formula is C11H16N2O2. The van der Waals surface area contributed by atoms with Gasteiger partial charge in [-0.3, -0.25) is 4.90 Å². The predicted molar refractivity (Wildman–Crippen MR) is 60.2 cm³/mol. The number of urea groups is 1. The van der Waals surface area contributed by atoms with Gasteiger partial charge in [0.2, 0.25) is 0 Å². The summed E-state index contributed by atoms with van der Waals surface area (Å²) in [5, 5.41) is 9.29. The Morgan fingerprint density at radius 1 is 1.40 bits per heavy atom. The van der Waals surface area contributed by atoms with E-state index in [0.29, 0.717) is 12.2 Å². The second kappa shape index (κ2) is 4.68. The van der Waals surface area contributed by atoms with Crippen molar-refractivity contribution in [2.75, 3.05) is 25.5 Å². The normalized spacial score (nSPS) is 9.80. The maximum absolute atomic E-state index is 11.8. The summed E-state index contributed by atoms with van der Waals surface area (Å²) in [5.74, 6) is 0.159. The lowest BCUT2D eigenvalue weighted by atomic mass is 10.3. The molecule has 0 saturated heterocycles. The van der Waals surface area contributed by atoms with Crippen LogP contribution in [0.15, 0.2) is 24.3 Å². The second-order valence-corrected chi connectivity index (χ2v) is 3.38. The first-order valence-corrected chi connectivity index (χ1v) is 4.84. The Bertz CT molecular complexity index is 352. The molecule has 1 aromatic carbocycles. The van der Waals surface area contributed by atoms with E-state index in [-0.39, 0.29) is 11.8 Å². The third-order valence-corrected chi connectivity index (χ3v) is 2.30.